The van der Waals surface area contributed by atoms with Crippen LogP contribution in [0, 0.1) is 0 Å². The molecule has 7 nitrogen and oxygen atoms in total. The minimum absolute atomic E-state index is 0.0365. The molecule has 0 aliphatic carbocycles. The Morgan fingerprint density at radius 2 is 2.04 bits per heavy atom. The lowest BCUT2D eigenvalue weighted by Crippen LogP contribution is -2.14. The van der Waals surface area contributed by atoms with Crippen molar-refractivity contribution in [1.82, 2.24) is 9.97 Å². The van der Waals surface area contributed by atoms with E-state index in [-0.39, 0.29) is 23.2 Å². The van der Waals surface area contributed by atoms with Crippen LogP contribution in [0.25, 0.3) is 10.3 Å². The fourth-order valence-corrected chi connectivity index (χ4v) is 3.89. The van der Waals surface area contributed by atoms with Crippen molar-refractivity contribution in [1.29, 1.82) is 0 Å². The molecule has 0 radical (unpaired) electrons. The first-order valence-corrected chi connectivity index (χ1v) is 8.99. The summed E-state index contributed by atoms with van der Waals surface area (Å²) in [6.45, 7) is 1.48. The van der Waals surface area contributed by atoms with Crippen LogP contribution in [0.4, 0.5) is 5.69 Å². The molecule has 9 heteroatoms. The Kier molecular flexibility index (Phi) is 4.86. The number of thiazole rings is 1. The third-order valence-corrected chi connectivity index (χ3v) is 5.47. The van der Waals surface area contributed by atoms with E-state index in [1.807, 2.05) is 0 Å². The van der Waals surface area contributed by atoms with E-state index in [1.54, 1.807) is 24.3 Å². The molecule has 3 aromatic rings. The van der Waals surface area contributed by atoms with Crippen molar-refractivity contribution in [3.63, 3.8) is 0 Å². The second-order valence-corrected chi connectivity index (χ2v) is 7.37. The van der Waals surface area contributed by atoms with Crippen molar-refractivity contribution in [2.45, 2.75) is 11.3 Å². The third kappa shape index (κ3) is 4.06. The number of thioether (sulfide) groups is 1. The van der Waals surface area contributed by atoms with Gasteiger partial charge in [-0.2, -0.15) is 0 Å². The van der Waals surface area contributed by atoms with Gasteiger partial charge in [-0.05, 0) is 31.2 Å². The topological polar surface area (TPSA) is 112 Å². The maximum atomic E-state index is 12.0. The molecule has 1 aromatic carbocycles. The van der Waals surface area contributed by atoms with Gasteiger partial charge in [-0.3, -0.25) is 14.4 Å². The monoisotopic (exact) mass is 375 g/mol. The summed E-state index contributed by atoms with van der Waals surface area (Å²) >= 11 is 2.40. The van der Waals surface area contributed by atoms with E-state index in [4.69, 9.17) is 0 Å². The zero-order valence-electron chi connectivity index (χ0n) is 13.0. The number of nitrogens with zero attached hydrogens (tertiary/aromatic N) is 1. The molecule has 3 rings (SSSR count). The number of amides is 1. The highest BCUT2D eigenvalue weighted by atomic mass is 32.2. The average molecular weight is 375 g/mol. The fraction of sp³-hybridized carbons (Fsp3) is 0.125. The number of aromatic hydroxyl groups is 1. The molecule has 2 aromatic heterocycles. The van der Waals surface area contributed by atoms with E-state index in [9.17, 15) is 19.5 Å². The van der Waals surface area contributed by atoms with Crippen LogP contribution >= 0.6 is 23.1 Å². The van der Waals surface area contributed by atoms with Gasteiger partial charge in [-0.15, -0.1) is 11.3 Å². The number of aromatic amines is 1. The number of carbonyl (C=O) groups is 2. The summed E-state index contributed by atoms with van der Waals surface area (Å²) in [5.74, 6) is -0.263. The van der Waals surface area contributed by atoms with Crippen molar-refractivity contribution < 1.29 is 14.7 Å². The van der Waals surface area contributed by atoms with E-state index in [0.717, 1.165) is 6.07 Å². The third-order valence-electron chi connectivity index (χ3n) is 3.25. The number of pyridine rings is 1. The number of hydrogen-bond donors (Lipinski definition) is 3. The summed E-state index contributed by atoms with van der Waals surface area (Å²) in [6, 6.07) is 7.72. The normalized spacial score (nSPS) is 10.8. The van der Waals surface area contributed by atoms with Crippen LogP contribution in [0.3, 0.4) is 0 Å². The van der Waals surface area contributed by atoms with Gasteiger partial charge in [0.25, 0.3) is 5.56 Å². The highest BCUT2D eigenvalue weighted by Gasteiger charge is 2.12. The number of H-pyrrole nitrogens is 1. The molecule has 0 aliphatic heterocycles. The van der Waals surface area contributed by atoms with Gasteiger partial charge in [0.2, 0.25) is 5.91 Å². The van der Waals surface area contributed by atoms with Crippen LogP contribution in [-0.2, 0) is 4.79 Å². The Morgan fingerprint density at radius 3 is 2.72 bits per heavy atom. The maximum Gasteiger partial charge on any atom is 0.253 e. The smallest absolute Gasteiger partial charge is 0.253 e. The Morgan fingerprint density at radius 1 is 1.32 bits per heavy atom. The molecule has 0 spiro atoms. The second kappa shape index (κ2) is 7.08. The van der Waals surface area contributed by atoms with Crippen molar-refractivity contribution in [3.8, 4) is 5.75 Å². The van der Waals surface area contributed by atoms with Crippen LogP contribution in [0.1, 0.15) is 17.3 Å². The SMILES string of the molecule is CC(=O)c1ccc(NC(=O)CSc2nc3[nH]c(=O)cc(O)c3s2)cc1. The van der Waals surface area contributed by atoms with Crippen LogP contribution < -0.4 is 10.9 Å². The zero-order chi connectivity index (χ0) is 18.0. The van der Waals surface area contributed by atoms with Gasteiger partial charge in [-0.25, -0.2) is 4.98 Å². The first-order chi connectivity index (χ1) is 11.9. The van der Waals surface area contributed by atoms with Crippen LogP contribution in [0.15, 0.2) is 39.5 Å². The van der Waals surface area contributed by atoms with Crippen molar-refractivity contribution in [2.75, 3.05) is 11.1 Å². The van der Waals surface area contributed by atoms with Crippen molar-refractivity contribution in [2.24, 2.45) is 0 Å². The highest BCUT2D eigenvalue weighted by molar-refractivity contribution is 8.01. The lowest BCUT2D eigenvalue weighted by Gasteiger charge is -2.04. The Balaban J connectivity index is 1.63. The minimum atomic E-state index is -0.432. The lowest BCUT2D eigenvalue weighted by molar-refractivity contribution is -0.113. The highest BCUT2D eigenvalue weighted by Crippen LogP contribution is 2.32. The molecule has 128 valence electrons. The summed E-state index contributed by atoms with van der Waals surface area (Å²) < 4.78 is 1.04. The molecule has 0 bridgehead atoms. The molecule has 0 saturated heterocycles. The van der Waals surface area contributed by atoms with Crippen molar-refractivity contribution in [3.05, 3.63) is 46.2 Å². The van der Waals surface area contributed by atoms with Gasteiger partial charge in [0.1, 0.15) is 10.4 Å². The van der Waals surface area contributed by atoms with Crippen molar-refractivity contribution >= 4 is 50.8 Å². The number of hydrogen-bond acceptors (Lipinski definition) is 7. The fourth-order valence-electron chi connectivity index (χ4n) is 2.08. The van der Waals surface area contributed by atoms with E-state index >= 15 is 0 Å². The summed E-state index contributed by atoms with van der Waals surface area (Å²) in [5, 5.41) is 12.5. The Labute approximate surface area is 150 Å². The largest absolute Gasteiger partial charge is 0.506 e. The van der Waals surface area contributed by atoms with Gasteiger partial charge < -0.3 is 15.4 Å². The summed E-state index contributed by atoms with van der Waals surface area (Å²) in [7, 11) is 0. The Bertz CT molecular complexity index is 1010. The van der Waals surface area contributed by atoms with E-state index in [2.05, 4.69) is 15.3 Å². The van der Waals surface area contributed by atoms with E-state index < -0.39 is 5.56 Å². The number of benzene rings is 1. The quantitative estimate of drug-likeness (QED) is 0.467. The number of fused-ring (bicyclic) bond motifs is 1. The number of Topliss-reactive ketones (excluding diaryl/α,β-unsaturated/α-hetero) is 1. The lowest BCUT2D eigenvalue weighted by atomic mass is 10.1. The standard InChI is InChI=1S/C16H13N3O4S2/c1-8(20)9-2-4-10(5-3-9)17-13(23)7-24-16-19-15-14(25-16)11(21)6-12(22)18-15/h2-6H,7H2,1H3,(H,17,23)(H2,18,21,22). The van der Waals surface area contributed by atoms with Gasteiger partial charge in [-0.1, -0.05) is 11.8 Å². The molecule has 0 fully saturated rings. The number of ketones is 1. The summed E-state index contributed by atoms with van der Waals surface area (Å²) in [4.78, 5) is 41.3. The van der Waals surface area contributed by atoms with Crippen LogP contribution in [0.2, 0.25) is 0 Å². The maximum absolute atomic E-state index is 12.0. The minimum Gasteiger partial charge on any atom is -0.506 e. The van der Waals surface area contributed by atoms with Gasteiger partial charge in [0, 0.05) is 17.3 Å². The first-order valence-electron chi connectivity index (χ1n) is 7.19. The van der Waals surface area contributed by atoms with E-state index in [0.29, 0.717) is 25.9 Å². The molecule has 0 aliphatic rings. The molecule has 0 saturated carbocycles. The summed E-state index contributed by atoms with van der Waals surface area (Å²) in [5.41, 5.74) is 1.05. The number of anilines is 1. The molecule has 1 amide bonds. The predicted octanol–water partition coefficient (Wildman–Crippen LogP) is 2.62. The van der Waals surface area contributed by atoms with Gasteiger partial charge >= 0.3 is 0 Å². The van der Waals surface area contributed by atoms with Gasteiger partial charge in [0.05, 0.1) is 5.75 Å². The average Bonchev–Trinajstić information content (AvgIpc) is 2.97. The zero-order valence-corrected chi connectivity index (χ0v) is 14.7. The number of rotatable bonds is 5. The number of aromatic nitrogens is 2. The van der Waals surface area contributed by atoms with E-state index in [1.165, 1.54) is 30.0 Å². The summed E-state index contributed by atoms with van der Waals surface area (Å²) in [6.07, 6.45) is 0. The molecule has 0 unspecified atom stereocenters. The number of nitrogens with one attached hydrogen (secondary N) is 2. The second-order valence-electron chi connectivity index (χ2n) is 5.15. The predicted molar refractivity (Wildman–Crippen MR) is 97.7 cm³/mol. The molecule has 2 heterocycles. The molecule has 25 heavy (non-hydrogen) atoms. The molecule has 0 atom stereocenters. The van der Waals surface area contributed by atoms with Crippen LogP contribution in [-0.4, -0.2) is 32.5 Å². The molecule has 3 N–H and O–H groups in total. The molecular formula is C16H13N3O4S2. The first kappa shape index (κ1) is 17.2. The number of carbonyl (C=O) groups excluding carboxylic acids is 2. The Hall–Kier alpha value is -2.65. The van der Waals surface area contributed by atoms with Gasteiger partial charge in [0.15, 0.2) is 15.8 Å². The molecular weight excluding hydrogens is 362 g/mol. The van der Waals surface area contributed by atoms with Crippen LogP contribution in [0.5, 0.6) is 5.75 Å².